The maximum absolute atomic E-state index is 13.3. The van der Waals surface area contributed by atoms with E-state index in [2.05, 4.69) is 23.1 Å². The molecule has 0 bridgehead atoms. The normalized spacial score (nSPS) is 20.8. The number of hydrogen-bond acceptors (Lipinski definition) is 3. The monoisotopic (exact) mass is 444 g/mol. The molecule has 6 heteroatoms. The van der Waals surface area contributed by atoms with Crippen molar-refractivity contribution in [2.24, 2.45) is 0 Å². The van der Waals surface area contributed by atoms with Gasteiger partial charge in [-0.1, -0.05) is 53.6 Å². The first-order chi connectivity index (χ1) is 14.5. The standard InChI is InChI=1S/C24H26Cl2N2O2/c1-27(23(29)15-16-8-10-19(25)20(26)14-16)24-18-6-5-7-22(30-2)17(18)9-11-21(24)28-12-3-4-13-28/h3-8,10,14,21,24H,9,11-13,15H2,1-2H3/t21-,24-/m1/s1. The van der Waals surface area contributed by atoms with Crippen molar-refractivity contribution in [1.82, 2.24) is 9.80 Å². The average Bonchev–Trinajstić information content (AvgIpc) is 3.29. The second-order valence-corrected chi connectivity index (χ2v) is 8.75. The fourth-order valence-corrected chi connectivity index (χ4v) is 5.01. The molecular weight excluding hydrogens is 419 g/mol. The van der Waals surface area contributed by atoms with Gasteiger partial charge < -0.3 is 9.64 Å². The zero-order valence-corrected chi connectivity index (χ0v) is 18.8. The van der Waals surface area contributed by atoms with Gasteiger partial charge in [0.2, 0.25) is 5.91 Å². The van der Waals surface area contributed by atoms with Crippen LogP contribution in [0.1, 0.15) is 29.2 Å². The van der Waals surface area contributed by atoms with Crippen LogP contribution in [0.5, 0.6) is 5.75 Å². The second-order valence-electron chi connectivity index (χ2n) is 7.93. The molecule has 30 heavy (non-hydrogen) atoms. The zero-order chi connectivity index (χ0) is 21.3. The molecule has 4 rings (SSSR count). The van der Waals surface area contributed by atoms with Crippen LogP contribution in [0, 0.1) is 0 Å². The molecule has 0 fully saturated rings. The van der Waals surface area contributed by atoms with Crippen molar-refractivity contribution in [1.29, 1.82) is 0 Å². The molecule has 0 saturated heterocycles. The Kier molecular flexibility index (Phi) is 6.37. The predicted octanol–water partition coefficient (Wildman–Crippen LogP) is 4.93. The number of amides is 1. The Bertz CT molecular complexity index is 968. The van der Waals surface area contributed by atoms with Crippen LogP contribution in [0.2, 0.25) is 10.0 Å². The summed E-state index contributed by atoms with van der Waals surface area (Å²) in [5, 5.41) is 0.967. The third-order valence-corrected chi connectivity index (χ3v) is 6.97. The number of ether oxygens (including phenoxy) is 1. The van der Waals surface area contributed by atoms with Gasteiger partial charge in [0.1, 0.15) is 5.75 Å². The average molecular weight is 445 g/mol. The lowest BCUT2D eigenvalue weighted by atomic mass is 9.81. The van der Waals surface area contributed by atoms with E-state index in [1.807, 2.05) is 30.1 Å². The minimum Gasteiger partial charge on any atom is -0.496 e. The lowest BCUT2D eigenvalue weighted by Crippen LogP contribution is -2.49. The van der Waals surface area contributed by atoms with Crippen LogP contribution in [0.3, 0.4) is 0 Å². The van der Waals surface area contributed by atoms with Crippen molar-refractivity contribution >= 4 is 29.1 Å². The van der Waals surface area contributed by atoms with Crippen molar-refractivity contribution in [3.63, 3.8) is 0 Å². The summed E-state index contributed by atoms with van der Waals surface area (Å²) in [4.78, 5) is 17.7. The van der Waals surface area contributed by atoms with Crippen molar-refractivity contribution in [2.45, 2.75) is 31.3 Å². The summed E-state index contributed by atoms with van der Waals surface area (Å²) in [7, 11) is 3.62. The summed E-state index contributed by atoms with van der Waals surface area (Å²) in [6, 6.07) is 11.8. The number of carbonyl (C=O) groups is 1. The summed E-state index contributed by atoms with van der Waals surface area (Å²) in [5.41, 5.74) is 3.26. The Balaban J connectivity index is 1.65. The molecular formula is C24H26Cl2N2O2. The number of fused-ring (bicyclic) bond motifs is 1. The van der Waals surface area contributed by atoms with Crippen molar-refractivity contribution in [2.75, 3.05) is 27.2 Å². The van der Waals surface area contributed by atoms with Crippen LogP contribution in [0.25, 0.3) is 0 Å². The van der Waals surface area contributed by atoms with Gasteiger partial charge in [-0.15, -0.1) is 0 Å². The van der Waals surface area contributed by atoms with Crippen molar-refractivity contribution in [3.8, 4) is 5.75 Å². The molecule has 1 aliphatic carbocycles. The van der Waals surface area contributed by atoms with Crippen LogP contribution in [0.15, 0.2) is 48.6 Å². The first-order valence-electron chi connectivity index (χ1n) is 10.2. The summed E-state index contributed by atoms with van der Waals surface area (Å²) < 4.78 is 5.63. The van der Waals surface area contributed by atoms with E-state index in [0.29, 0.717) is 10.0 Å². The molecule has 2 aromatic carbocycles. The summed E-state index contributed by atoms with van der Waals surface area (Å²) in [6.07, 6.45) is 6.63. The van der Waals surface area contributed by atoms with Crippen LogP contribution in [-0.2, 0) is 17.6 Å². The van der Waals surface area contributed by atoms with Crippen LogP contribution < -0.4 is 4.74 Å². The van der Waals surface area contributed by atoms with Gasteiger partial charge in [0.15, 0.2) is 0 Å². The highest BCUT2D eigenvalue weighted by Gasteiger charge is 2.38. The van der Waals surface area contributed by atoms with Crippen LogP contribution >= 0.6 is 23.2 Å². The second kappa shape index (κ2) is 9.01. The molecule has 1 aliphatic heterocycles. The van der Waals surface area contributed by atoms with E-state index in [4.69, 9.17) is 27.9 Å². The number of hydrogen-bond donors (Lipinski definition) is 0. The number of rotatable bonds is 5. The number of nitrogens with zero attached hydrogens (tertiary/aromatic N) is 2. The summed E-state index contributed by atoms with van der Waals surface area (Å²) in [6.45, 7) is 1.85. The largest absolute Gasteiger partial charge is 0.496 e. The minimum absolute atomic E-state index is 0.0287. The van der Waals surface area contributed by atoms with E-state index in [1.165, 1.54) is 11.1 Å². The molecule has 0 unspecified atom stereocenters. The zero-order valence-electron chi connectivity index (χ0n) is 17.3. The molecule has 1 heterocycles. The molecule has 0 saturated carbocycles. The molecule has 2 aliphatic rings. The predicted molar refractivity (Wildman–Crippen MR) is 121 cm³/mol. The highest BCUT2D eigenvalue weighted by atomic mass is 35.5. The van der Waals surface area contributed by atoms with E-state index < -0.39 is 0 Å². The summed E-state index contributed by atoms with van der Waals surface area (Å²) >= 11 is 12.2. The molecule has 0 radical (unpaired) electrons. The molecule has 0 N–H and O–H groups in total. The lowest BCUT2D eigenvalue weighted by Gasteiger charge is -2.43. The van der Waals surface area contributed by atoms with Gasteiger partial charge in [-0.25, -0.2) is 0 Å². The Morgan fingerprint density at radius 2 is 1.93 bits per heavy atom. The van der Waals surface area contributed by atoms with E-state index in [-0.39, 0.29) is 24.4 Å². The molecule has 158 valence electrons. The third-order valence-electron chi connectivity index (χ3n) is 6.23. The number of likely N-dealkylation sites (N-methyl/N-ethyl adjacent to an activating group) is 1. The van der Waals surface area contributed by atoms with Crippen LogP contribution in [0.4, 0.5) is 0 Å². The van der Waals surface area contributed by atoms with E-state index in [0.717, 1.165) is 37.2 Å². The molecule has 1 amide bonds. The third kappa shape index (κ3) is 4.09. The highest BCUT2D eigenvalue weighted by Crippen LogP contribution is 2.41. The first kappa shape index (κ1) is 21.2. The smallest absolute Gasteiger partial charge is 0.227 e. The van der Waals surface area contributed by atoms with E-state index >= 15 is 0 Å². The molecule has 2 atom stereocenters. The molecule has 2 aromatic rings. The van der Waals surface area contributed by atoms with Gasteiger partial charge in [-0.2, -0.15) is 0 Å². The van der Waals surface area contributed by atoms with Gasteiger partial charge in [0, 0.05) is 26.2 Å². The lowest BCUT2D eigenvalue weighted by molar-refractivity contribution is -0.133. The minimum atomic E-state index is -0.0287. The fraction of sp³-hybridized carbons (Fsp3) is 0.375. The SMILES string of the molecule is COc1cccc2c1CC[C@@H](N1CC=CC1)[C@@H]2N(C)C(=O)Cc1ccc(Cl)c(Cl)c1. The van der Waals surface area contributed by atoms with E-state index in [1.54, 1.807) is 19.2 Å². The van der Waals surface area contributed by atoms with Gasteiger partial charge in [0.05, 0.1) is 29.6 Å². The van der Waals surface area contributed by atoms with E-state index in [9.17, 15) is 4.79 Å². The number of carbonyl (C=O) groups excluding carboxylic acids is 1. The Morgan fingerprint density at radius 1 is 1.17 bits per heavy atom. The maximum Gasteiger partial charge on any atom is 0.227 e. The Morgan fingerprint density at radius 3 is 2.63 bits per heavy atom. The van der Waals surface area contributed by atoms with Gasteiger partial charge in [0.25, 0.3) is 0 Å². The fourth-order valence-electron chi connectivity index (χ4n) is 4.69. The topological polar surface area (TPSA) is 32.8 Å². The first-order valence-corrected chi connectivity index (χ1v) is 11.0. The molecule has 0 aromatic heterocycles. The van der Waals surface area contributed by atoms with Gasteiger partial charge >= 0.3 is 0 Å². The number of methoxy groups -OCH3 is 1. The van der Waals surface area contributed by atoms with Crippen molar-refractivity contribution < 1.29 is 9.53 Å². The maximum atomic E-state index is 13.3. The molecule has 4 nitrogen and oxygen atoms in total. The quantitative estimate of drug-likeness (QED) is 0.612. The Labute approximate surface area is 188 Å². The Hall–Kier alpha value is -2.01. The number of halogens is 2. The van der Waals surface area contributed by atoms with Crippen LogP contribution in [-0.4, -0.2) is 49.0 Å². The van der Waals surface area contributed by atoms with Gasteiger partial charge in [-0.05, 0) is 47.7 Å². The molecule has 0 spiro atoms. The highest BCUT2D eigenvalue weighted by molar-refractivity contribution is 6.42. The summed E-state index contributed by atoms with van der Waals surface area (Å²) in [5.74, 6) is 0.965. The van der Waals surface area contributed by atoms with Crippen molar-refractivity contribution in [3.05, 3.63) is 75.3 Å². The van der Waals surface area contributed by atoms with Gasteiger partial charge in [-0.3, -0.25) is 9.69 Å². The number of benzene rings is 2.